The van der Waals surface area contributed by atoms with Gasteiger partial charge in [-0.1, -0.05) is 0 Å². The average Bonchev–Trinajstić information content (AvgIpc) is 3.22. The quantitative estimate of drug-likeness (QED) is 0.561. The number of nitrogens with one attached hydrogen (secondary N) is 1. The van der Waals surface area contributed by atoms with Crippen LogP contribution < -0.4 is 10.1 Å². The molecule has 0 aliphatic carbocycles. The van der Waals surface area contributed by atoms with Crippen LogP contribution in [0.2, 0.25) is 0 Å². The van der Waals surface area contributed by atoms with Gasteiger partial charge in [0.05, 0.1) is 11.7 Å². The van der Waals surface area contributed by atoms with E-state index >= 15 is 0 Å². The molecular formula is C27H34N4O4. The Morgan fingerprint density at radius 3 is 2.46 bits per heavy atom. The maximum Gasteiger partial charge on any atom is 0.410 e. The third-order valence-corrected chi connectivity index (χ3v) is 5.74. The van der Waals surface area contributed by atoms with E-state index in [-0.39, 0.29) is 24.1 Å². The van der Waals surface area contributed by atoms with Crippen molar-refractivity contribution in [1.29, 1.82) is 0 Å². The molecule has 0 radical (unpaired) electrons. The highest BCUT2D eigenvalue weighted by Crippen LogP contribution is 2.24. The van der Waals surface area contributed by atoms with Crippen molar-refractivity contribution in [3.05, 3.63) is 54.4 Å². The maximum atomic E-state index is 12.3. The third-order valence-electron chi connectivity index (χ3n) is 5.74. The minimum absolute atomic E-state index is 0.0316. The van der Waals surface area contributed by atoms with Crippen molar-refractivity contribution < 1.29 is 19.1 Å². The first-order valence-electron chi connectivity index (χ1n) is 12.1. The second-order valence-electron chi connectivity index (χ2n) is 10.2. The van der Waals surface area contributed by atoms with Gasteiger partial charge in [0, 0.05) is 49.1 Å². The first kappa shape index (κ1) is 24.6. The first-order chi connectivity index (χ1) is 16.6. The molecule has 1 N–H and O–H groups in total. The summed E-state index contributed by atoms with van der Waals surface area (Å²) in [6.45, 7) is 10.7. The van der Waals surface area contributed by atoms with Crippen LogP contribution in [0.3, 0.4) is 0 Å². The molecular weight excluding hydrogens is 444 g/mol. The number of amides is 2. The number of carbonyl (C=O) groups excluding carboxylic acids is 2. The summed E-state index contributed by atoms with van der Waals surface area (Å²) >= 11 is 0. The number of nitrogens with zero attached hydrogens (tertiary/aromatic N) is 3. The lowest BCUT2D eigenvalue weighted by atomic mass is 10.1. The van der Waals surface area contributed by atoms with Crippen molar-refractivity contribution in [1.82, 2.24) is 19.8 Å². The van der Waals surface area contributed by atoms with Crippen LogP contribution in [0.1, 0.15) is 57.8 Å². The average molecular weight is 479 g/mol. The van der Waals surface area contributed by atoms with Crippen molar-refractivity contribution in [2.75, 3.05) is 13.1 Å². The summed E-state index contributed by atoms with van der Waals surface area (Å²) in [5, 5.41) is 3.89. The SMILES string of the molecule is CC(C)NC(=O)c1ccc2c(ccn2-c2ccc(OC3CCN(C(=O)OC(C)(C)C)CC3)cn2)c1. The molecule has 186 valence electrons. The third kappa shape index (κ3) is 6.12. The Morgan fingerprint density at radius 1 is 1.09 bits per heavy atom. The van der Waals surface area contributed by atoms with Gasteiger partial charge in [-0.25, -0.2) is 9.78 Å². The van der Waals surface area contributed by atoms with Gasteiger partial charge in [-0.2, -0.15) is 0 Å². The fraction of sp³-hybridized carbons (Fsp3) is 0.444. The van der Waals surface area contributed by atoms with Gasteiger partial charge in [-0.15, -0.1) is 0 Å². The maximum absolute atomic E-state index is 12.3. The number of pyridine rings is 1. The number of rotatable bonds is 5. The van der Waals surface area contributed by atoms with Crippen molar-refractivity contribution in [2.45, 2.75) is 65.2 Å². The molecule has 0 spiro atoms. The van der Waals surface area contributed by atoms with E-state index in [1.165, 1.54) is 0 Å². The van der Waals surface area contributed by atoms with Gasteiger partial charge in [-0.05, 0) is 71.0 Å². The molecule has 8 nitrogen and oxygen atoms in total. The molecule has 35 heavy (non-hydrogen) atoms. The monoisotopic (exact) mass is 478 g/mol. The minimum atomic E-state index is -0.492. The van der Waals surface area contributed by atoms with Crippen LogP contribution in [0.5, 0.6) is 5.75 Å². The van der Waals surface area contributed by atoms with Gasteiger partial charge < -0.3 is 24.3 Å². The van der Waals surface area contributed by atoms with E-state index in [2.05, 4.69) is 10.3 Å². The molecule has 1 aliphatic rings. The van der Waals surface area contributed by atoms with Gasteiger partial charge in [0.15, 0.2) is 0 Å². The molecule has 1 aliphatic heterocycles. The number of likely N-dealkylation sites (tertiary alicyclic amines) is 1. The molecule has 1 aromatic carbocycles. The molecule has 1 fully saturated rings. The van der Waals surface area contributed by atoms with E-state index in [9.17, 15) is 9.59 Å². The van der Waals surface area contributed by atoms with Crippen LogP contribution in [0.25, 0.3) is 16.7 Å². The summed E-state index contributed by atoms with van der Waals surface area (Å²) in [4.78, 5) is 30.9. The van der Waals surface area contributed by atoms with Gasteiger partial charge in [0.25, 0.3) is 5.91 Å². The zero-order valence-corrected chi connectivity index (χ0v) is 21.1. The molecule has 3 aromatic rings. The number of carbonyl (C=O) groups is 2. The normalized spacial score (nSPS) is 14.9. The number of hydrogen-bond donors (Lipinski definition) is 1. The summed E-state index contributed by atoms with van der Waals surface area (Å²) in [5.74, 6) is 1.39. The van der Waals surface area contributed by atoms with E-state index < -0.39 is 5.60 Å². The summed E-state index contributed by atoms with van der Waals surface area (Å²) in [6.07, 6.45) is 4.93. The molecule has 4 rings (SSSR count). The number of fused-ring (bicyclic) bond motifs is 1. The highest BCUT2D eigenvalue weighted by molar-refractivity contribution is 5.98. The minimum Gasteiger partial charge on any atom is -0.489 e. The van der Waals surface area contributed by atoms with E-state index in [0.717, 1.165) is 29.6 Å². The zero-order chi connectivity index (χ0) is 25.2. The van der Waals surface area contributed by atoms with Crippen molar-refractivity contribution >= 4 is 22.9 Å². The molecule has 2 aromatic heterocycles. The lowest BCUT2D eigenvalue weighted by Crippen LogP contribution is -2.44. The van der Waals surface area contributed by atoms with E-state index in [0.29, 0.717) is 24.4 Å². The van der Waals surface area contributed by atoms with Crippen LogP contribution in [-0.4, -0.2) is 57.3 Å². The summed E-state index contributed by atoms with van der Waals surface area (Å²) < 4.78 is 13.6. The van der Waals surface area contributed by atoms with Crippen LogP contribution in [0.15, 0.2) is 48.8 Å². The van der Waals surface area contributed by atoms with Crippen LogP contribution in [0, 0.1) is 0 Å². The predicted molar refractivity (Wildman–Crippen MR) is 135 cm³/mol. The Balaban J connectivity index is 1.37. The Morgan fingerprint density at radius 2 is 1.83 bits per heavy atom. The number of hydrogen-bond acceptors (Lipinski definition) is 5. The zero-order valence-electron chi connectivity index (χ0n) is 21.1. The number of benzene rings is 1. The Hall–Kier alpha value is -3.55. The molecule has 0 atom stereocenters. The Kier molecular flexibility index (Phi) is 7.00. The van der Waals surface area contributed by atoms with Crippen molar-refractivity contribution in [3.8, 4) is 11.6 Å². The predicted octanol–water partition coefficient (Wildman–Crippen LogP) is 4.94. The van der Waals surface area contributed by atoms with Gasteiger partial charge >= 0.3 is 6.09 Å². The van der Waals surface area contributed by atoms with Gasteiger partial charge in [-0.3, -0.25) is 4.79 Å². The smallest absolute Gasteiger partial charge is 0.410 e. The lowest BCUT2D eigenvalue weighted by Gasteiger charge is -2.33. The Labute approximate surface area is 206 Å². The number of ether oxygens (including phenoxy) is 2. The summed E-state index contributed by atoms with van der Waals surface area (Å²) in [7, 11) is 0. The molecule has 2 amide bonds. The lowest BCUT2D eigenvalue weighted by molar-refractivity contribution is 0.0126. The molecule has 1 saturated heterocycles. The van der Waals surface area contributed by atoms with Gasteiger partial charge in [0.2, 0.25) is 0 Å². The fourth-order valence-corrected chi connectivity index (χ4v) is 4.09. The van der Waals surface area contributed by atoms with Crippen LogP contribution in [0.4, 0.5) is 4.79 Å². The number of piperidine rings is 1. The second-order valence-corrected chi connectivity index (χ2v) is 10.2. The largest absolute Gasteiger partial charge is 0.489 e. The van der Waals surface area contributed by atoms with E-state index in [4.69, 9.17) is 9.47 Å². The van der Waals surface area contributed by atoms with Crippen molar-refractivity contribution in [3.63, 3.8) is 0 Å². The first-order valence-corrected chi connectivity index (χ1v) is 12.1. The van der Waals surface area contributed by atoms with Gasteiger partial charge in [0.1, 0.15) is 23.3 Å². The molecule has 8 heteroatoms. The highest BCUT2D eigenvalue weighted by atomic mass is 16.6. The Bertz CT molecular complexity index is 1190. The standard InChI is InChI=1S/C27H34N4O4/c1-18(2)29-25(32)20-6-8-23-19(16-20)10-15-31(23)24-9-7-22(17-28-24)34-21-11-13-30(14-12-21)26(33)35-27(3,4)5/h6-10,15-18,21H,11-14H2,1-5H3,(H,29,32). The van der Waals surface area contributed by atoms with Crippen molar-refractivity contribution in [2.24, 2.45) is 0 Å². The summed E-state index contributed by atoms with van der Waals surface area (Å²) in [6, 6.07) is 11.6. The van der Waals surface area contributed by atoms with Crippen LogP contribution >= 0.6 is 0 Å². The van der Waals surface area contributed by atoms with E-state index in [1.54, 1.807) is 11.1 Å². The summed E-state index contributed by atoms with van der Waals surface area (Å²) in [5.41, 5.74) is 1.12. The molecule has 3 heterocycles. The fourth-order valence-electron chi connectivity index (χ4n) is 4.09. The van der Waals surface area contributed by atoms with Crippen LogP contribution in [-0.2, 0) is 4.74 Å². The molecule has 0 bridgehead atoms. The van der Waals surface area contributed by atoms with E-state index in [1.807, 2.05) is 81.8 Å². The highest BCUT2D eigenvalue weighted by Gasteiger charge is 2.27. The second kappa shape index (κ2) is 9.98. The molecule has 0 unspecified atom stereocenters. The topological polar surface area (TPSA) is 85.7 Å². The molecule has 0 saturated carbocycles. The number of aromatic nitrogens is 2.